The second-order valence-electron chi connectivity index (χ2n) is 6.07. The number of carboxylic acid groups (broad SMARTS) is 1. The molecule has 0 radical (unpaired) electrons. The molecule has 30 heavy (non-hydrogen) atoms. The quantitative estimate of drug-likeness (QED) is 0.448. The third-order valence-corrected chi connectivity index (χ3v) is 4.03. The molecule has 2 amide bonds. The van der Waals surface area contributed by atoms with Gasteiger partial charge in [0.25, 0.3) is 5.91 Å². The highest BCUT2D eigenvalue weighted by Crippen LogP contribution is 2.38. The van der Waals surface area contributed by atoms with Gasteiger partial charge in [-0.2, -0.15) is 0 Å². The first-order valence-corrected chi connectivity index (χ1v) is 8.70. The number of phenolic OH excluding ortho intramolecular Hbond substituents is 1. The Bertz CT molecular complexity index is 933. The predicted molar refractivity (Wildman–Crippen MR) is 107 cm³/mol. The topological polar surface area (TPSA) is 143 Å². The van der Waals surface area contributed by atoms with Gasteiger partial charge in [0, 0.05) is 5.56 Å². The number of carbonyl (C=O) groups is 3. The van der Waals surface area contributed by atoms with Crippen LogP contribution in [0.25, 0.3) is 0 Å². The van der Waals surface area contributed by atoms with E-state index in [0.717, 1.165) is 0 Å². The Hall–Kier alpha value is -3.95. The standard InChI is InChI=1S/C20H22N2O8/c1-28-15-8-12(9-16(29-2)19(15)30-3)20(27)21-10-17(24)22-13-6-11(7-18(25)26)4-5-14(13)23/h4-6,8-9,23H,7,10H2,1-3H3,(H,21,27)(H,22,24)(H,25,26). The number of benzene rings is 2. The lowest BCUT2D eigenvalue weighted by Gasteiger charge is -2.14. The van der Waals surface area contributed by atoms with Crippen LogP contribution in [-0.4, -0.2) is 55.9 Å². The number of phenols is 1. The number of rotatable bonds is 9. The minimum Gasteiger partial charge on any atom is -0.506 e. The molecular formula is C20H22N2O8. The Balaban J connectivity index is 2.06. The molecule has 2 rings (SSSR count). The van der Waals surface area contributed by atoms with Gasteiger partial charge in [0.2, 0.25) is 11.7 Å². The number of aromatic hydroxyl groups is 1. The summed E-state index contributed by atoms with van der Waals surface area (Å²) < 4.78 is 15.6. The van der Waals surface area contributed by atoms with Crippen LogP contribution in [0, 0.1) is 0 Å². The molecule has 0 spiro atoms. The van der Waals surface area contributed by atoms with Crippen LogP contribution in [0.1, 0.15) is 15.9 Å². The lowest BCUT2D eigenvalue weighted by atomic mass is 10.1. The molecule has 0 atom stereocenters. The maximum absolute atomic E-state index is 12.4. The first-order chi connectivity index (χ1) is 14.3. The number of carboxylic acids is 1. The number of hydrogen-bond acceptors (Lipinski definition) is 7. The minimum absolute atomic E-state index is 0.0424. The fraction of sp³-hybridized carbons (Fsp3) is 0.250. The van der Waals surface area contributed by atoms with Crippen molar-refractivity contribution in [1.29, 1.82) is 0 Å². The van der Waals surface area contributed by atoms with Gasteiger partial charge in [-0.3, -0.25) is 14.4 Å². The van der Waals surface area contributed by atoms with Crippen molar-refractivity contribution >= 4 is 23.5 Å². The van der Waals surface area contributed by atoms with E-state index in [9.17, 15) is 19.5 Å². The summed E-state index contributed by atoms with van der Waals surface area (Å²) in [6, 6.07) is 6.95. The SMILES string of the molecule is COc1cc(C(=O)NCC(=O)Nc2cc(CC(=O)O)ccc2O)cc(OC)c1OC. The van der Waals surface area contributed by atoms with Crippen LogP contribution < -0.4 is 24.8 Å². The van der Waals surface area contributed by atoms with Crippen molar-refractivity contribution in [3.05, 3.63) is 41.5 Å². The number of hydrogen-bond donors (Lipinski definition) is 4. The van der Waals surface area contributed by atoms with E-state index in [4.69, 9.17) is 19.3 Å². The molecule has 4 N–H and O–H groups in total. The van der Waals surface area contributed by atoms with Gasteiger partial charge in [0.05, 0.1) is 40.0 Å². The van der Waals surface area contributed by atoms with Crippen LogP contribution in [0.4, 0.5) is 5.69 Å². The Morgan fingerprint density at radius 3 is 2.13 bits per heavy atom. The van der Waals surface area contributed by atoms with Gasteiger partial charge < -0.3 is 35.1 Å². The molecule has 10 heteroatoms. The molecule has 0 fully saturated rings. The third kappa shape index (κ3) is 5.53. The molecule has 0 heterocycles. The van der Waals surface area contributed by atoms with Gasteiger partial charge in [-0.25, -0.2) is 0 Å². The van der Waals surface area contributed by atoms with Crippen molar-refractivity contribution < 1.29 is 38.8 Å². The van der Waals surface area contributed by atoms with Gasteiger partial charge in [0.15, 0.2) is 11.5 Å². The van der Waals surface area contributed by atoms with E-state index in [1.54, 1.807) is 0 Å². The third-order valence-electron chi connectivity index (χ3n) is 4.03. The zero-order valence-corrected chi connectivity index (χ0v) is 16.6. The number of anilines is 1. The minimum atomic E-state index is -1.05. The molecule has 0 bridgehead atoms. The summed E-state index contributed by atoms with van der Waals surface area (Å²) in [6.07, 6.45) is -0.263. The smallest absolute Gasteiger partial charge is 0.307 e. The van der Waals surface area contributed by atoms with E-state index in [0.29, 0.717) is 11.3 Å². The summed E-state index contributed by atoms with van der Waals surface area (Å²) in [4.78, 5) is 35.4. The Labute approximate surface area is 172 Å². The van der Waals surface area contributed by atoms with Crippen LogP contribution in [-0.2, 0) is 16.0 Å². The van der Waals surface area contributed by atoms with Gasteiger partial charge in [-0.15, -0.1) is 0 Å². The Morgan fingerprint density at radius 2 is 1.60 bits per heavy atom. The van der Waals surface area contributed by atoms with Crippen LogP contribution in [0.2, 0.25) is 0 Å². The summed E-state index contributed by atoms with van der Waals surface area (Å²) in [5, 5.41) is 23.6. The van der Waals surface area contributed by atoms with Crippen LogP contribution in [0.3, 0.4) is 0 Å². The molecule has 10 nitrogen and oxygen atoms in total. The molecule has 0 aliphatic carbocycles. The molecular weight excluding hydrogens is 396 g/mol. The highest BCUT2D eigenvalue weighted by molar-refractivity contribution is 6.00. The number of aliphatic carboxylic acids is 1. The van der Waals surface area contributed by atoms with Crippen LogP contribution in [0.15, 0.2) is 30.3 Å². The largest absolute Gasteiger partial charge is 0.506 e. The zero-order chi connectivity index (χ0) is 22.3. The zero-order valence-electron chi connectivity index (χ0n) is 16.6. The summed E-state index contributed by atoms with van der Waals surface area (Å²) in [5.74, 6) is -1.56. The van der Waals surface area contributed by atoms with Gasteiger partial charge in [0.1, 0.15) is 5.75 Å². The number of nitrogens with one attached hydrogen (secondary N) is 2. The van der Waals surface area contributed by atoms with Crippen molar-refractivity contribution in [2.24, 2.45) is 0 Å². The summed E-state index contributed by atoms with van der Waals surface area (Å²) in [6.45, 7) is -0.391. The van der Waals surface area contributed by atoms with Gasteiger partial charge >= 0.3 is 5.97 Å². The highest BCUT2D eigenvalue weighted by atomic mass is 16.5. The van der Waals surface area contributed by atoms with Crippen molar-refractivity contribution in [1.82, 2.24) is 5.32 Å². The van der Waals surface area contributed by atoms with E-state index < -0.39 is 24.3 Å². The summed E-state index contributed by atoms with van der Waals surface area (Å²) >= 11 is 0. The molecule has 2 aromatic rings. The van der Waals surface area contributed by atoms with E-state index in [1.807, 2.05) is 0 Å². The Kier molecular flexibility index (Phi) is 7.45. The first-order valence-electron chi connectivity index (χ1n) is 8.70. The highest BCUT2D eigenvalue weighted by Gasteiger charge is 2.18. The normalized spacial score (nSPS) is 10.1. The second-order valence-corrected chi connectivity index (χ2v) is 6.07. The second kappa shape index (κ2) is 10.0. The summed E-state index contributed by atoms with van der Waals surface area (Å²) in [7, 11) is 4.26. The van der Waals surface area contributed by atoms with E-state index in [-0.39, 0.29) is 34.9 Å². The number of methoxy groups -OCH3 is 3. The number of carbonyl (C=O) groups excluding carboxylic acids is 2. The average Bonchev–Trinajstić information content (AvgIpc) is 2.72. The number of ether oxygens (including phenoxy) is 3. The molecule has 0 saturated heterocycles. The predicted octanol–water partition coefficient (Wildman–Crippen LogP) is 1.41. The molecule has 0 aromatic heterocycles. The molecule has 2 aromatic carbocycles. The molecule has 0 aliphatic rings. The van der Waals surface area contributed by atoms with Gasteiger partial charge in [-0.1, -0.05) is 6.07 Å². The number of amides is 2. The van der Waals surface area contributed by atoms with Crippen molar-refractivity contribution in [2.45, 2.75) is 6.42 Å². The molecule has 0 aliphatic heterocycles. The molecule has 0 saturated carbocycles. The maximum atomic E-state index is 12.4. The Morgan fingerprint density at radius 1 is 0.967 bits per heavy atom. The van der Waals surface area contributed by atoms with Crippen LogP contribution >= 0.6 is 0 Å². The van der Waals surface area contributed by atoms with Crippen molar-refractivity contribution in [3.63, 3.8) is 0 Å². The van der Waals surface area contributed by atoms with Crippen LogP contribution in [0.5, 0.6) is 23.0 Å². The molecule has 0 unspecified atom stereocenters. The van der Waals surface area contributed by atoms with Crippen molar-refractivity contribution in [2.75, 3.05) is 33.2 Å². The average molecular weight is 418 g/mol. The molecule has 160 valence electrons. The van der Waals surface area contributed by atoms with Gasteiger partial charge in [-0.05, 0) is 29.8 Å². The van der Waals surface area contributed by atoms with Crippen molar-refractivity contribution in [3.8, 4) is 23.0 Å². The first kappa shape index (κ1) is 22.3. The van der Waals surface area contributed by atoms with E-state index in [2.05, 4.69) is 10.6 Å². The lowest BCUT2D eigenvalue weighted by Crippen LogP contribution is -2.33. The van der Waals surface area contributed by atoms with E-state index in [1.165, 1.54) is 51.7 Å². The fourth-order valence-corrected chi connectivity index (χ4v) is 2.64. The summed E-state index contributed by atoms with van der Waals surface area (Å²) in [5.41, 5.74) is 0.626. The lowest BCUT2D eigenvalue weighted by molar-refractivity contribution is -0.136. The fourth-order valence-electron chi connectivity index (χ4n) is 2.64. The maximum Gasteiger partial charge on any atom is 0.307 e. The van der Waals surface area contributed by atoms with E-state index >= 15 is 0 Å². The monoisotopic (exact) mass is 418 g/mol.